The number of nitrogens with one attached hydrogen (secondary N) is 1. The van der Waals surface area contributed by atoms with Crippen LogP contribution >= 0.6 is 0 Å². The number of hydrogen-bond acceptors (Lipinski definition) is 5. The first-order chi connectivity index (χ1) is 14.0. The summed E-state index contributed by atoms with van der Waals surface area (Å²) in [6.45, 7) is 2.61. The van der Waals surface area contributed by atoms with E-state index in [4.69, 9.17) is 0 Å². The average molecular weight is 399 g/mol. The van der Waals surface area contributed by atoms with Crippen molar-refractivity contribution in [1.82, 2.24) is 29.7 Å². The van der Waals surface area contributed by atoms with Crippen LogP contribution in [0, 0.1) is 0 Å². The zero-order chi connectivity index (χ0) is 20.8. The Bertz CT molecular complexity index is 846. The highest BCUT2D eigenvalue weighted by molar-refractivity contribution is 5.97. The molecular formula is C21H30N6O2. The standard InChI is InChI=1S/C21H30N6O2/c1-25(2)15-12-23-20(28)19-24-18(17-6-4-5-13-27(17)19)21(29)26(3)14-9-16-7-10-22-11-8-16/h7-8,10-11H,4-6,9,12-15H2,1-3H3,(H,23,28). The van der Waals surface area contributed by atoms with E-state index in [9.17, 15) is 9.59 Å². The maximum atomic E-state index is 13.1. The van der Waals surface area contributed by atoms with Crippen molar-refractivity contribution >= 4 is 11.8 Å². The van der Waals surface area contributed by atoms with Crippen molar-refractivity contribution in [3.63, 3.8) is 0 Å². The Labute approximate surface area is 171 Å². The number of hydrogen-bond donors (Lipinski definition) is 1. The van der Waals surface area contributed by atoms with Gasteiger partial charge in [0, 0.05) is 45.6 Å². The summed E-state index contributed by atoms with van der Waals surface area (Å²) in [7, 11) is 5.71. The number of aromatic nitrogens is 3. The molecule has 0 saturated carbocycles. The van der Waals surface area contributed by atoms with E-state index in [2.05, 4.69) is 15.3 Å². The molecule has 0 saturated heterocycles. The van der Waals surface area contributed by atoms with Crippen LogP contribution in [0.15, 0.2) is 24.5 Å². The van der Waals surface area contributed by atoms with Crippen LogP contribution in [-0.4, -0.2) is 76.9 Å². The maximum Gasteiger partial charge on any atom is 0.287 e. The molecule has 1 N–H and O–H groups in total. The number of likely N-dealkylation sites (N-methyl/N-ethyl adjacent to an activating group) is 2. The molecule has 8 heteroatoms. The third-order valence-corrected chi connectivity index (χ3v) is 5.20. The lowest BCUT2D eigenvalue weighted by Crippen LogP contribution is -2.33. The van der Waals surface area contributed by atoms with E-state index in [1.54, 1.807) is 24.3 Å². The van der Waals surface area contributed by atoms with Crippen molar-refractivity contribution in [3.05, 3.63) is 47.3 Å². The molecular weight excluding hydrogens is 368 g/mol. The predicted molar refractivity (Wildman–Crippen MR) is 111 cm³/mol. The van der Waals surface area contributed by atoms with Gasteiger partial charge in [-0.2, -0.15) is 0 Å². The van der Waals surface area contributed by atoms with Gasteiger partial charge in [-0.1, -0.05) is 0 Å². The second-order valence-electron chi connectivity index (χ2n) is 7.73. The van der Waals surface area contributed by atoms with Crippen LogP contribution in [-0.2, 0) is 19.4 Å². The van der Waals surface area contributed by atoms with Gasteiger partial charge in [0.25, 0.3) is 11.8 Å². The van der Waals surface area contributed by atoms with Gasteiger partial charge >= 0.3 is 0 Å². The molecule has 0 fully saturated rings. The molecule has 0 spiro atoms. The minimum absolute atomic E-state index is 0.128. The lowest BCUT2D eigenvalue weighted by atomic mass is 10.1. The summed E-state index contributed by atoms with van der Waals surface area (Å²) < 4.78 is 1.93. The van der Waals surface area contributed by atoms with E-state index in [1.807, 2.05) is 35.7 Å². The third-order valence-electron chi connectivity index (χ3n) is 5.20. The highest BCUT2D eigenvalue weighted by Gasteiger charge is 2.28. The summed E-state index contributed by atoms with van der Waals surface area (Å²) in [5, 5.41) is 2.91. The molecule has 0 radical (unpaired) electrons. The van der Waals surface area contributed by atoms with Gasteiger partial charge in [-0.3, -0.25) is 14.6 Å². The van der Waals surface area contributed by atoms with Crippen molar-refractivity contribution in [2.24, 2.45) is 0 Å². The van der Waals surface area contributed by atoms with Crippen LogP contribution in [0.25, 0.3) is 0 Å². The molecule has 2 aromatic heterocycles. The molecule has 0 aromatic carbocycles. The van der Waals surface area contributed by atoms with Gasteiger partial charge in [0.15, 0.2) is 5.82 Å². The van der Waals surface area contributed by atoms with Gasteiger partial charge in [-0.25, -0.2) is 4.98 Å². The van der Waals surface area contributed by atoms with Crippen LogP contribution in [0.3, 0.4) is 0 Å². The van der Waals surface area contributed by atoms with E-state index >= 15 is 0 Å². The monoisotopic (exact) mass is 398 g/mol. The normalized spacial score (nSPS) is 13.2. The number of rotatable bonds is 8. The Morgan fingerprint density at radius 3 is 2.62 bits per heavy atom. The first kappa shape index (κ1) is 21.0. The minimum atomic E-state index is -0.214. The van der Waals surface area contributed by atoms with Crippen molar-refractivity contribution in [2.45, 2.75) is 32.2 Å². The molecule has 0 atom stereocenters. The SMILES string of the molecule is CN(C)CCNC(=O)c1nc(C(=O)N(C)CCc2ccncc2)c2n1CCCC2. The van der Waals surface area contributed by atoms with Gasteiger partial charge in [0.1, 0.15) is 5.69 Å². The number of imidazole rings is 1. The van der Waals surface area contributed by atoms with Gasteiger partial charge in [0.05, 0.1) is 5.69 Å². The molecule has 0 bridgehead atoms. The Hall–Kier alpha value is -2.74. The number of pyridine rings is 1. The van der Waals surface area contributed by atoms with Crippen LogP contribution in [0.1, 0.15) is 45.2 Å². The lowest BCUT2D eigenvalue weighted by Gasteiger charge is -2.19. The molecule has 8 nitrogen and oxygen atoms in total. The van der Waals surface area contributed by atoms with Gasteiger partial charge < -0.3 is 19.7 Å². The Kier molecular flexibility index (Phi) is 6.98. The summed E-state index contributed by atoms with van der Waals surface area (Å²) in [5.74, 6) is 0.00914. The highest BCUT2D eigenvalue weighted by atomic mass is 16.2. The largest absolute Gasteiger partial charge is 0.348 e. The molecule has 1 aliphatic heterocycles. The summed E-state index contributed by atoms with van der Waals surface area (Å²) in [5.41, 5.74) is 2.43. The third kappa shape index (κ3) is 5.20. The zero-order valence-electron chi connectivity index (χ0n) is 17.5. The lowest BCUT2D eigenvalue weighted by molar-refractivity contribution is 0.0789. The summed E-state index contributed by atoms with van der Waals surface area (Å²) >= 11 is 0. The number of carbonyl (C=O) groups is 2. The van der Waals surface area contributed by atoms with E-state index in [-0.39, 0.29) is 11.8 Å². The number of nitrogens with zero attached hydrogens (tertiary/aromatic N) is 5. The van der Waals surface area contributed by atoms with E-state index in [0.717, 1.165) is 50.0 Å². The molecule has 156 valence electrons. The molecule has 1 aliphatic rings. The maximum absolute atomic E-state index is 13.1. The Morgan fingerprint density at radius 1 is 1.14 bits per heavy atom. The van der Waals surface area contributed by atoms with Crippen molar-refractivity contribution in [1.29, 1.82) is 0 Å². The Morgan fingerprint density at radius 2 is 1.90 bits per heavy atom. The second kappa shape index (κ2) is 9.65. The first-order valence-electron chi connectivity index (χ1n) is 10.1. The first-order valence-corrected chi connectivity index (χ1v) is 10.1. The smallest absolute Gasteiger partial charge is 0.287 e. The van der Waals surface area contributed by atoms with Crippen molar-refractivity contribution in [3.8, 4) is 0 Å². The van der Waals surface area contributed by atoms with Crippen molar-refractivity contribution in [2.75, 3.05) is 40.8 Å². The van der Waals surface area contributed by atoms with Crippen LogP contribution in [0.5, 0.6) is 0 Å². The molecule has 2 aromatic rings. The zero-order valence-corrected chi connectivity index (χ0v) is 17.5. The van der Waals surface area contributed by atoms with E-state index in [1.165, 1.54) is 0 Å². The second-order valence-corrected chi connectivity index (χ2v) is 7.73. The summed E-state index contributed by atoms with van der Waals surface area (Å²) in [6.07, 6.45) is 7.03. The molecule has 29 heavy (non-hydrogen) atoms. The summed E-state index contributed by atoms with van der Waals surface area (Å²) in [4.78, 5) is 38.0. The highest BCUT2D eigenvalue weighted by Crippen LogP contribution is 2.22. The fourth-order valence-electron chi connectivity index (χ4n) is 3.49. The fraction of sp³-hybridized carbons (Fsp3) is 0.524. The van der Waals surface area contributed by atoms with Crippen LogP contribution in [0.4, 0.5) is 0 Å². The molecule has 3 rings (SSSR count). The topological polar surface area (TPSA) is 83.4 Å². The van der Waals surface area contributed by atoms with Crippen molar-refractivity contribution < 1.29 is 9.59 Å². The van der Waals surface area contributed by atoms with Gasteiger partial charge in [-0.05, 0) is 57.5 Å². The summed E-state index contributed by atoms with van der Waals surface area (Å²) in [6, 6.07) is 3.90. The molecule has 0 unspecified atom stereocenters. The molecule has 3 heterocycles. The number of carbonyl (C=O) groups excluding carboxylic acids is 2. The van der Waals surface area contributed by atoms with Crippen LogP contribution in [0.2, 0.25) is 0 Å². The predicted octanol–water partition coefficient (Wildman–Crippen LogP) is 1.22. The van der Waals surface area contributed by atoms with E-state index in [0.29, 0.717) is 24.6 Å². The van der Waals surface area contributed by atoms with Gasteiger partial charge in [-0.15, -0.1) is 0 Å². The molecule has 2 amide bonds. The molecule has 0 aliphatic carbocycles. The fourth-order valence-corrected chi connectivity index (χ4v) is 3.49. The minimum Gasteiger partial charge on any atom is -0.348 e. The van der Waals surface area contributed by atoms with Gasteiger partial charge in [0.2, 0.25) is 0 Å². The number of fused-ring (bicyclic) bond motifs is 1. The van der Waals surface area contributed by atoms with E-state index < -0.39 is 0 Å². The van der Waals surface area contributed by atoms with Crippen LogP contribution < -0.4 is 5.32 Å². The quantitative estimate of drug-likeness (QED) is 0.723. The number of amides is 2. The average Bonchev–Trinajstić information content (AvgIpc) is 3.11. The Balaban J connectivity index is 1.73.